The monoisotopic (exact) mass is 696 g/mol. The first-order valence-corrected chi connectivity index (χ1v) is 18.3. The molecule has 3 heterocycles. The van der Waals surface area contributed by atoms with Gasteiger partial charge >= 0.3 is 6.09 Å². The Hall–Kier alpha value is -4.87. The molecule has 0 bridgehead atoms. The Bertz CT molecular complexity index is 2170. The number of para-hydroxylation sites is 1. The second-order valence-corrected chi connectivity index (χ2v) is 15.6. The fraction of sp³-hybridized carbons (Fsp3) is 0.333. The summed E-state index contributed by atoms with van der Waals surface area (Å²) in [4.78, 5) is 30.1. The number of nitrogens with zero attached hydrogens (tertiary/aromatic N) is 4. The van der Waals surface area contributed by atoms with Crippen LogP contribution in [0.4, 0.5) is 4.79 Å². The second kappa shape index (κ2) is 14.2. The summed E-state index contributed by atoms with van der Waals surface area (Å²) in [6.07, 6.45) is 4.75. The van der Waals surface area contributed by atoms with Crippen LogP contribution in [0.25, 0.3) is 22.0 Å². The minimum atomic E-state index is -4.02. The van der Waals surface area contributed by atoms with Gasteiger partial charge in [-0.3, -0.25) is 9.69 Å². The van der Waals surface area contributed by atoms with Gasteiger partial charge in [-0.1, -0.05) is 48.0 Å². The summed E-state index contributed by atoms with van der Waals surface area (Å²) in [5.74, 6) is 1.27. The summed E-state index contributed by atoms with van der Waals surface area (Å²) >= 11 is 0. The van der Waals surface area contributed by atoms with E-state index in [1.165, 1.54) is 10.8 Å². The van der Waals surface area contributed by atoms with Crippen molar-refractivity contribution in [3.05, 3.63) is 113 Å². The summed E-state index contributed by atoms with van der Waals surface area (Å²) in [6.45, 7) is 11.4. The minimum absolute atomic E-state index is 0.0774. The van der Waals surface area contributed by atoms with Gasteiger partial charge in [-0.25, -0.2) is 17.2 Å². The summed E-state index contributed by atoms with van der Waals surface area (Å²) in [6, 6.07) is 23.8. The zero-order valence-corrected chi connectivity index (χ0v) is 30.1. The fourth-order valence-corrected chi connectivity index (χ4v) is 7.57. The van der Waals surface area contributed by atoms with Crippen LogP contribution in [0.1, 0.15) is 38.3 Å². The highest BCUT2D eigenvalue weighted by molar-refractivity contribution is 7.90. The predicted molar refractivity (Wildman–Crippen MR) is 195 cm³/mol. The SMILES string of the molecule is Cc1ccc(S(=O)(=O)n2ccc3c(-c4ccccc4Oc4cccc(CCCN5CCN(C(=O)OC(C)(C)C)CC5)c4)cn(C)c(=O)c32)cc1. The van der Waals surface area contributed by atoms with E-state index in [9.17, 15) is 18.0 Å². The van der Waals surface area contributed by atoms with Crippen molar-refractivity contribution in [3.63, 3.8) is 0 Å². The molecule has 0 spiro atoms. The van der Waals surface area contributed by atoms with E-state index in [1.807, 2.05) is 70.2 Å². The summed E-state index contributed by atoms with van der Waals surface area (Å²) in [5.41, 5.74) is 2.66. The van der Waals surface area contributed by atoms with Crippen LogP contribution in [0.15, 0.2) is 101 Å². The van der Waals surface area contributed by atoms with Gasteiger partial charge in [0.1, 0.15) is 22.6 Å². The molecule has 0 saturated carbocycles. The molecule has 1 fully saturated rings. The Morgan fingerprint density at radius 1 is 0.880 bits per heavy atom. The lowest BCUT2D eigenvalue weighted by Crippen LogP contribution is -2.50. The minimum Gasteiger partial charge on any atom is -0.457 e. The van der Waals surface area contributed by atoms with Gasteiger partial charge < -0.3 is 18.9 Å². The van der Waals surface area contributed by atoms with Gasteiger partial charge in [-0.15, -0.1) is 0 Å². The molecule has 262 valence electrons. The first-order valence-electron chi connectivity index (χ1n) is 16.9. The van der Waals surface area contributed by atoms with Crippen molar-refractivity contribution in [2.24, 2.45) is 7.05 Å². The van der Waals surface area contributed by atoms with Crippen LogP contribution in [0, 0.1) is 6.92 Å². The number of aryl methyl sites for hydroxylation is 3. The Kier molecular flexibility index (Phi) is 9.91. The lowest BCUT2D eigenvalue weighted by Gasteiger charge is -2.35. The Labute approximate surface area is 293 Å². The number of benzene rings is 3. The number of hydrogen-bond donors (Lipinski definition) is 0. The van der Waals surface area contributed by atoms with E-state index in [-0.39, 0.29) is 16.5 Å². The Morgan fingerprint density at radius 2 is 1.60 bits per heavy atom. The quantitative estimate of drug-likeness (QED) is 0.167. The molecule has 0 unspecified atom stereocenters. The van der Waals surface area contributed by atoms with Gasteiger partial charge in [0, 0.05) is 62.1 Å². The maximum absolute atomic E-state index is 13.7. The summed E-state index contributed by atoms with van der Waals surface area (Å²) in [5, 5.41) is 0.514. The molecule has 11 heteroatoms. The molecule has 0 aliphatic carbocycles. The van der Waals surface area contributed by atoms with E-state index >= 15 is 0 Å². The number of piperazine rings is 1. The number of hydrogen-bond acceptors (Lipinski definition) is 7. The van der Waals surface area contributed by atoms with Gasteiger partial charge in [0.25, 0.3) is 15.6 Å². The average Bonchev–Trinajstić information content (AvgIpc) is 3.54. The van der Waals surface area contributed by atoms with Crippen molar-refractivity contribution in [1.29, 1.82) is 0 Å². The molecular weight excluding hydrogens is 653 g/mol. The van der Waals surface area contributed by atoms with E-state index in [1.54, 1.807) is 48.5 Å². The number of amides is 1. The normalized spacial score (nSPS) is 14.2. The Balaban J connectivity index is 1.17. The van der Waals surface area contributed by atoms with Crippen LogP contribution >= 0.6 is 0 Å². The molecule has 1 aliphatic heterocycles. The highest BCUT2D eigenvalue weighted by Crippen LogP contribution is 2.37. The van der Waals surface area contributed by atoms with Crippen LogP contribution < -0.4 is 10.3 Å². The maximum Gasteiger partial charge on any atom is 0.410 e. The topological polar surface area (TPSA) is 103 Å². The zero-order chi connectivity index (χ0) is 35.6. The largest absolute Gasteiger partial charge is 0.457 e. The standard InChI is InChI=1S/C39H44N4O6S/c1-28-15-17-31(18-16-28)50(46,47)43-21-19-33-34(27-40(5)37(44)36(33)43)32-13-6-7-14-35(32)48-30-12-8-10-29(26-30)11-9-20-41-22-24-42(25-23-41)38(45)49-39(2,3)4/h6-8,10,12-19,21,26-27H,9,11,20,22-25H2,1-5H3. The lowest BCUT2D eigenvalue weighted by molar-refractivity contribution is 0.0144. The molecule has 5 aromatic rings. The molecule has 1 saturated heterocycles. The van der Waals surface area contributed by atoms with E-state index in [2.05, 4.69) is 11.0 Å². The van der Waals surface area contributed by atoms with Crippen molar-refractivity contribution in [1.82, 2.24) is 18.3 Å². The average molecular weight is 697 g/mol. The summed E-state index contributed by atoms with van der Waals surface area (Å²) in [7, 11) is -2.40. The van der Waals surface area contributed by atoms with E-state index in [4.69, 9.17) is 9.47 Å². The highest BCUT2D eigenvalue weighted by atomic mass is 32.2. The van der Waals surface area contributed by atoms with Crippen LogP contribution in [0.5, 0.6) is 11.5 Å². The van der Waals surface area contributed by atoms with Crippen LogP contribution in [0.2, 0.25) is 0 Å². The third-order valence-corrected chi connectivity index (χ3v) is 10.5. The zero-order valence-electron chi connectivity index (χ0n) is 29.3. The summed E-state index contributed by atoms with van der Waals surface area (Å²) < 4.78 is 41.8. The lowest BCUT2D eigenvalue weighted by atomic mass is 10.0. The molecule has 1 amide bonds. The van der Waals surface area contributed by atoms with E-state index in [0.717, 1.165) is 53.1 Å². The molecular formula is C39H44N4O6S. The molecule has 3 aromatic carbocycles. The maximum atomic E-state index is 13.7. The van der Waals surface area contributed by atoms with Gasteiger partial charge in [0.05, 0.1) is 4.90 Å². The van der Waals surface area contributed by atoms with Crippen molar-refractivity contribution in [3.8, 4) is 22.6 Å². The molecule has 0 N–H and O–H groups in total. The number of carbonyl (C=O) groups excluding carboxylic acids is 1. The smallest absolute Gasteiger partial charge is 0.410 e. The third kappa shape index (κ3) is 7.64. The van der Waals surface area contributed by atoms with Crippen molar-refractivity contribution in [2.75, 3.05) is 32.7 Å². The number of carbonyl (C=O) groups is 1. The molecule has 6 rings (SSSR count). The number of ether oxygens (including phenoxy) is 2. The highest BCUT2D eigenvalue weighted by Gasteiger charge is 2.26. The molecule has 50 heavy (non-hydrogen) atoms. The first-order chi connectivity index (χ1) is 23.8. The predicted octanol–water partition coefficient (Wildman–Crippen LogP) is 6.83. The molecule has 1 aliphatic rings. The van der Waals surface area contributed by atoms with Crippen LogP contribution in [-0.2, 0) is 28.2 Å². The van der Waals surface area contributed by atoms with Crippen molar-refractivity contribution in [2.45, 2.75) is 51.0 Å². The van der Waals surface area contributed by atoms with E-state index < -0.39 is 21.2 Å². The van der Waals surface area contributed by atoms with Gasteiger partial charge in [0.2, 0.25) is 0 Å². The van der Waals surface area contributed by atoms with Gasteiger partial charge in [0.15, 0.2) is 0 Å². The molecule has 10 nitrogen and oxygen atoms in total. The van der Waals surface area contributed by atoms with Crippen molar-refractivity contribution >= 4 is 27.0 Å². The molecule has 0 radical (unpaired) electrons. The second-order valence-electron chi connectivity index (χ2n) is 13.8. The number of rotatable bonds is 9. The first kappa shape index (κ1) is 35.0. The molecule has 2 aromatic heterocycles. The van der Waals surface area contributed by atoms with Crippen molar-refractivity contribution < 1.29 is 22.7 Å². The number of pyridine rings is 1. The number of aromatic nitrogens is 2. The fourth-order valence-electron chi connectivity index (χ4n) is 6.23. The third-order valence-electron chi connectivity index (χ3n) is 8.83. The van der Waals surface area contributed by atoms with Gasteiger partial charge in [-0.05, 0) is 89.0 Å². The van der Waals surface area contributed by atoms with Crippen LogP contribution in [0.3, 0.4) is 0 Å². The van der Waals surface area contributed by atoms with Crippen LogP contribution in [-0.4, -0.2) is 71.2 Å². The Morgan fingerprint density at radius 3 is 2.32 bits per heavy atom. The van der Waals surface area contributed by atoms with Gasteiger partial charge in [-0.2, -0.15) is 0 Å². The number of fused-ring (bicyclic) bond motifs is 1. The molecule has 0 atom stereocenters. The van der Waals surface area contributed by atoms with E-state index in [0.29, 0.717) is 35.5 Å².